The Bertz CT molecular complexity index is 882. The van der Waals surface area contributed by atoms with Crippen LogP contribution < -0.4 is 5.32 Å². The van der Waals surface area contributed by atoms with E-state index in [1.54, 1.807) is 18.2 Å². The number of aromatic nitrogens is 1. The molecule has 1 atom stereocenters. The van der Waals surface area contributed by atoms with Gasteiger partial charge in [0, 0.05) is 30.6 Å². The maximum absolute atomic E-state index is 12.6. The number of carbonyl (C=O) groups excluding carboxylic acids is 2. The molecule has 6 nitrogen and oxygen atoms in total. The minimum Gasteiger partial charge on any atom is -0.429 e. The van der Waals surface area contributed by atoms with Gasteiger partial charge in [-0.25, -0.2) is 0 Å². The lowest BCUT2D eigenvalue weighted by Crippen LogP contribution is -2.40. The SMILES string of the molecule is O=C(N[C@@H]1CCN(C(=O)C2CCCCC2)C1)c1ccc2[nH]c(=S)oc2c1. The lowest BCUT2D eigenvalue weighted by atomic mass is 9.88. The van der Waals surface area contributed by atoms with Crippen molar-refractivity contribution in [3.05, 3.63) is 28.6 Å². The van der Waals surface area contributed by atoms with Crippen molar-refractivity contribution in [1.82, 2.24) is 15.2 Å². The normalized spacial score (nSPS) is 21.2. The van der Waals surface area contributed by atoms with Gasteiger partial charge in [-0.1, -0.05) is 19.3 Å². The molecule has 7 heteroatoms. The molecule has 2 amide bonds. The number of H-pyrrole nitrogens is 1. The van der Waals surface area contributed by atoms with Crippen molar-refractivity contribution in [2.24, 2.45) is 5.92 Å². The highest BCUT2D eigenvalue weighted by atomic mass is 32.1. The van der Waals surface area contributed by atoms with Gasteiger partial charge in [0.25, 0.3) is 10.7 Å². The summed E-state index contributed by atoms with van der Waals surface area (Å²) in [6.45, 7) is 1.33. The maximum Gasteiger partial charge on any atom is 0.266 e. The van der Waals surface area contributed by atoms with Crippen LogP contribution in [0.25, 0.3) is 11.1 Å². The molecule has 2 aliphatic rings. The molecule has 2 N–H and O–H groups in total. The predicted octanol–water partition coefficient (Wildman–Crippen LogP) is 3.40. The Kier molecular flexibility index (Phi) is 4.80. The van der Waals surface area contributed by atoms with Crippen molar-refractivity contribution < 1.29 is 14.0 Å². The third kappa shape index (κ3) is 3.53. The number of nitrogens with zero attached hydrogens (tertiary/aromatic N) is 1. The van der Waals surface area contributed by atoms with E-state index in [0.717, 1.165) is 44.2 Å². The van der Waals surface area contributed by atoms with Gasteiger partial charge in [-0.15, -0.1) is 0 Å². The summed E-state index contributed by atoms with van der Waals surface area (Å²) in [5.74, 6) is 0.307. The molecule has 4 rings (SSSR count). The summed E-state index contributed by atoms with van der Waals surface area (Å²) in [6.07, 6.45) is 6.38. The van der Waals surface area contributed by atoms with E-state index in [1.165, 1.54) is 6.42 Å². The quantitative estimate of drug-likeness (QED) is 0.808. The van der Waals surface area contributed by atoms with Crippen LogP contribution in [-0.2, 0) is 4.79 Å². The Hall–Kier alpha value is -2.15. The van der Waals surface area contributed by atoms with Gasteiger partial charge in [0.05, 0.1) is 5.52 Å². The number of hydrogen-bond acceptors (Lipinski definition) is 4. The largest absolute Gasteiger partial charge is 0.429 e. The van der Waals surface area contributed by atoms with Crippen LogP contribution >= 0.6 is 12.2 Å². The van der Waals surface area contributed by atoms with Crippen molar-refractivity contribution in [1.29, 1.82) is 0 Å². The number of hydrogen-bond donors (Lipinski definition) is 2. The molecular formula is C19H23N3O3S. The zero-order chi connectivity index (χ0) is 18.1. The summed E-state index contributed by atoms with van der Waals surface area (Å²) in [4.78, 5) is 30.3. The van der Waals surface area contributed by atoms with Crippen LogP contribution in [0.2, 0.25) is 0 Å². The van der Waals surface area contributed by atoms with Crippen LogP contribution in [0, 0.1) is 10.8 Å². The molecule has 0 bridgehead atoms. The summed E-state index contributed by atoms with van der Waals surface area (Å²) < 4.78 is 5.37. The maximum atomic E-state index is 12.6. The second-order valence-corrected chi connectivity index (χ2v) is 7.67. The third-order valence-electron chi connectivity index (χ3n) is 5.47. The molecule has 0 spiro atoms. The highest BCUT2D eigenvalue weighted by Crippen LogP contribution is 2.27. The molecule has 2 fully saturated rings. The Labute approximate surface area is 156 Å². The first kappa shape index (κ1) is 17.3. The molecule has 2 aromatic rings. The second-order valence-electron chi connectivity index (χ2n) is 7.30. The van der Waals surface area contributed by atoms with Crippen molar-refractivity contribution in [3.63, 3.8) is 0 Å². The first-order valence-corrected chi connectivity index (χ1v) is 9.73. The zero-order valence-corrected chi connectivity index (χ0v) is 15.4. The van der Waals surface area contributed by atoms with E-state index in [1.807, 2.05) is 4.90 Å². The summed E-state index contributed by atoms with van der Waals surface area (Å²) >= 11 is 4.97. The lowest BCUT2D eigenvalue weighted by Gasteiger charge is -2.26. The smallest absolute Gasteiger partial charge is 0.266 e. The Morgan fingerprint density at radius 1 is 1.19 bits per heavy atom. The molecule has 0 unspecified atom stereocenters. The van der Waals surface area contributed by atoms with E-state index >= 15 is 0 Å². The fraction of sp³-hybridized carbons (Fsp3) is 0.526. The minimum absolute atomic E-state index is 0.00316. The van der Waals surface area contributed by atoms with Crippen molar-refractivity contribution >= 4 is 35.1 Å². The Morgan fingerprint density at radius 3 is 2.81 bits per heavy atom. The van der Waals surface area contributed by atoms with Crippen LogP contribution in [0.15, 0.2) is 22.6 Å². The highest BCUT2D eigenvalue weighted by molar-refractivity contribution is 7.71. The average Bonchev–Trinajstić information content (AvgIpc) is 3.26. The molecule has 1 aliphatic heterocycles. The van der Waals surface area contributed by atoms with Crippen LogP contribution in [0.4, 0.5) is 0 Å². The number of likely N-dealkylation sites (tertiary alicyclic amines) is 1. The fourth-order valence-electron chi connectivity index (χ4n) is 4.04. The van der Waals surface area contributed by atoms with E-state index in [2.05, 4.69) is 10.3 Å². The average molecular weight is 373 g/mol. The molecule has 0 radical (unpaired) electrons. The number of aromatic amines is 1. The van der Waals surface area contributed by atoms with Gasteiger partial charge in [-0.2, -0.15) is 0 Å². The van der Waals surface area contributed by atoms with E-state index < -0.39 is 0 Å². The molecule has 2 heterocycles. The molecule has 1 aliphatic carbocycles. The van der Waals surface area contributed by atoms with Crippen LogP contribution in [0.1, 0.15) is 48.9 Å². The van der Waals surface area contributed by atoms with Gasteiger partial charge in [-0.05, 0) is 49.7 Å². The number of carbonyl (C=O) groups is 2. The number of fused-ring (bicyclic) bond motifs is 1. The summed E-state index contributed by atoms with van der Waals surface area (Å²) in [6, 6.07) is 5.23. The lowest BCUT2D eigenvalue weighted by molar-refractivity contribution is -0.135. The first-order chi connectivity index (χ1) is 12.6. The number of benzene rings is 1. The predicted molar refractivity (Wildman–Crippen MR) is 100 cm³/mol. The molecule has 1 saturated heterocycles. The highest BCUT2D eigenvalue weighted by Gasteiger charge is 2.32. The zero-order valence-electron chi connectivity index (χ0n) is 14.6. The molecule has 1 saturated carbocycles. The van der Waals surface area contributed by atoms with Gasteiger partial charge in [-0.3, -0.25) is 9.59 Å². The van der Waals surface area contributed by atoms with Crippen molar-refractivity contribution in [2.45, 2.75) is 44.6 Å². The van der Waals surface area contributed by atoms with Gasteiger partial charge < -0.3 is 19.6 Å². The minimum atomic E-state index is -0.147. The Balaban J connectivity index is 1.37. The van der Waals surface area contributed by atoms with Crippen LogP contribution in [0.3, 0.4) is 0 Å². The number of rotatable bonds is 3. The van der Waals surface area contributed by atoms with Crippen LogP contribution in [0.5, 0.6) is 0 Å². The van der Waals surface area contributed by atoms with Gasteiger partial charge in [0.2, 0.25) is 5.91 Å². The number of amides is 2. The molecular weight excluding hydrogens is 350 g/mol. The first-order valence-electron chi connectivity index (χ1n) is 9.33. The van der Waals surface area contributed by atoms with Crippen molar-refractivity contribution in [3.8, 4) is 0 Å². The summed E-state index contributed by atoms with van der Waals surface area (Å²) in [7, 11) is 0. The number of oxazole rings is 1. The molecule has 1 aromatic heterocycles. The Morgan fingerprint density at radius 2 is 2.00 bits per heavy atom. The van der Waals surface area contributed by atoms with E-state index in [0.29, 0.717) is 22.5 Å². The van der Waals surface area contributed by atoms with E-state index in [4.69, 9.17) is 16.6 Å². The summed E-state index contributed by atoms with van der Waals surface area (Å²) in [5.41, 5.74) is 1.88. The van der Waals surface area contributed by atoms with E-state index in [9.17, 15) is 9.59 Å². The topological polar surface area (TPSA) is 78.3 Å². The number of nitrogens with one attached hydrogen (secondary N) is 2. The fourth-order valence-corrected chi connectivity index (χ4v) is 4.24. The van der Waals surface area contributed by atoms with E-state index in [-0.39, 0.29) is 23.8 Å². The second kappa shape index (κ2) is 7.23. The van der Waals surface area contributed by atoms with Gasteiger partial charge >= 0.3 is 0 Å². The van der Waals surface area contributed by atoms with Gasteiger partial charge in [0.15, 0.2) is 5.58 Å². The molecule has 1 aromatic carbocycles. The monoisotopic (exact) mass is 373 g/mol. The third-order valence-corrected chi connectivity index (χ3v) is 5.66. The molecule has 26 heavy (non-hydrogen) atoms. The standard InChI is InChI=1S/C19H23N3O3S/c23-17(13-6-7-15-16(10-13)25-19(26)21-15)20-14-8-9-22(11-14)18(24)12-4-2-1-3-5-12/h6-7,10,12,14H,1-5,8-9,11H2,(H,20,23)(H,21,26)/t14-/m1/s1. The van der Waals surface area contributed by atoms with Crippen molar-refractivity contribution in [2.75, 3.05) is 13.1 Å². The van der Waals surface area contributed by atoms with Gasteiger partial charge in [0.1, 0.15) is 0 Å². The van der Waals surface area contributed by atoms with Crippen LogP contribution in [-0.4, -0.2) is 40.8 Å². The summed E-state index contributed by atoms with van der Waals surface area (Å²) in [5, 5.41) is 3.04. The molecule has 138 valence electrons.